The Hall–Kier alpha value is -2.83. The van der Waals surface area contributed by atoms with Gasteiger partial charge in [-0.25, -0.2) is 4.68 Å². The fourth-order valence-electron chi connectivity index (χ4n) is 5.58. The first-order chi connectivity index (χ1) is 19.1. The summed E-state index contributed by atoms with van der Waals surface area (Å²) in [5.74, 6) is 0. The molecule has 0 bridgehead atoms. The molecule has 0 atom stereocenters. The van der Waals surface area contributed by atoms with E-state index in [9.17, 15) is 0 Å². The first-order valence-electron chi connectivity index (χ1n) is 14.3. The van der Waals surface area contributed by atoms with Crippen molar-refractivity contribution < 1.29 is 20.4 Å². The van der Waals surface area contributed by atoms with Gasteiger partial charge in [-0.15, -0.1) is 0 Å². The Kier molecular flexibility index (Phi) is 12.7. The minimum absolute atomic E-state index is 0. The Bertz CT molecular complexity index is 1480. The van der Waals surface area contributed by atoms with Crippen LogP contribution in [0.25, 0.3) is 33.9 Å². The van der Waals surface area contributed by atoms with Crippen LogP contribution in [0, 0.1) is 7.43 Å². The van der Waals surface area contributed by atoms with Crippen LogP contribution in [0.1, 0.15) is 61.8 Å². The molecule has 3 aromatic carbocycles. The van der Waals surface area contributed by atoms with Gasteiger partial charge < -0.3 is 7.43 Å². The van der Waals surface area contributed by atoms with E-state index in [2.05, 4.69) is 156 Å². The summed E-state index contributed by atoms with van der Waals surface area (Å²) < 4.78 is 4.28. The van der Waals surface area contributed by atoms with Gasteiger partial charge in [0.1, 0.15) is 17.1 Å². The molecule has 224 valence electrons. The zero-order valence-electron chi connectivity index (χ0n) is 26.6. The van der Waals surface area contributed by atoms with E-state index < -0.39 is 7.92 Å². The Balaban J connectivity index is 0.00000118. The number of benzene rings is 3. The molecule has 0 aliphatic rings. The molecule has 0 fully saturated rings. The number of hydrogen-bond acceptors (Lipinski definition) is 2. The van der Waals surface area contributed by atoms with Crippen molar-refractivity contribution in [3.63, 3.8) is 0 Å². The topological polar surface area (TPSA) is 35.6 Å². The summed E-state index contributed by atoms with van der Waals surface area (Å²) in [7, 11) is -1.07. The Labute approximate surface area is 269 Å². The summed E-state index contributed by atoms with van der Waals surface area (Å²) in [4.78, 5) is 0. The van der Waals surface area contributed by atoms with Crippen LogP contribution in [-0.4, -0.2) is 29.9 Å². The third-order valence-corrected chi connectivity index (χ3v) is 10.5. The van der Waals surface area contributed by atoms with Crippen molar-refractivity contribution in [2.75, 3.05) is 0 Å². The first-order valence-corrected chi connectivity index (χ1v) is 15.8. The second kappa shape index (κ2) is 15.1. The summed E-state index contributed by atoms with van der Waals surface area (Å²) in [6.07, 6.45) is 3.21. The van der Waals surface area contributed by atoms with Crippen molar-refractivity contribution >= 4 is 13.4 Å². The van der Waals surface area contributed by atoms with Gasteiger partial charge >= 0.3 is 20.4 Å². The van der Waals surface area contributed by atoms with Crippen LogP contribution in [0.2, 0.25) is 0 Å². The molecule has 42 heavy (non-hydrogen) atoms. The molecule has 0 unspecified atom stereocenters. The molecule has 2 heterocycles. The fourth-order valence-corrected chi connectivity index (χ4v) is 9.99. The van der Waals surface area contributed by atoms with Crippen LogP contribution in [0.4, 0.5) is 0 Å². The Morgan fingerprint density at radius 1 is 0.643 bits per heavy atom. The van der Waals surface area contributed by atoms with Crippen LogP contribution >= 0.6 is 7.92 Å². The summed E-state index contributed by atoms with van der Waals surface area (Å²) in [6, 6.07) is 33.7. The summed E-state index contributed by atoms with van der Waals surface area (Å²) in [5.41, 5.74) is 7.50. The van der Waals surface area contributed by atoms with Gasteiger partial charge in [-0.2, -0.15) is 14.9 Å². The zero-order chi connectivity index (χ0) is 28.9. The zero-order valence-corrected chi connectivity index (χ0v) is 29.2. The van der Waals surface area contributed by atoms with E-state index in [0.717, 1.165) is 33.9 Å². The molecule has 6 heteroatoms. The molecule has 0 aliphatic heterocycles. The third-order valence-electron chi connectivity index (χ3n) is 6.57. The minimum Gasteiger partial charge on any atom is -0.358 e. The van der Waals surface area contributed by atoms with E-state index in [1.54, 1.807) is 0 Å². The van der Waals surface area contributed by atoms with Gasteiger partial charge in [0.15, 0.2) is 5.44 Å². The molecule has 5 aromatic rings. The predicted octanol–water partition coefficient (Wildman–Crippen LogP) is 9.69. The monoisotopic (exact) mass is 672 g/mol. The molecule has 0 radical (unpaired) electrons. The molecule has 0 spiro atoms. The molecule has 2 aromatic heterocycles. The average molecular weight is 673 g/mol. The number of para-hydroxylation sites is 1. The van der Waals surface area contributed by atoms with Gasteiger partial charge in [0.05, 0.1) is 30.1 Å². The maximum Gasteiger partial charge on any atom is 2.00 e. The van der Waals surface area contributed by atoms with Gasteiger partial charge in [0, 0.05) is 17.2 Å². The van der Waals surface area contributed by atoms with Crippen LogP contribution < -0.4 is 5.44 Å². The summed E-state index contributed by atoms with van der Waals surface area (Å²) in [5, 5.41) is 10.5. The number of aromatic nitrogens is 4. The van der Waals surface area contributed by atoms with Gasteiger partial charge in [0.2, 0.25) is 0 Å². The first kappa shape index (κ1) is 35.4. The van der Waals surface area contributed by atoms with Gasteiger partial charge in [-0.3, -0.25) is 0 Å². The molecule has 0 N–H and O–H groups in total. The molecular weight excluding hydrogens is 626 g/mol. The van der Waals surface area contributed by atoms with Crippen LogP contribution in [0.3, 0.4) is 0 Å². The smallest absolute Gasteiger partial charge is 0.358 e. The van der Waals surface area contributed by atoms with Gasteiger partial charge in [0.25, 0.3) is 0 Å². The molecule has 0 amide bonds. The summed E-state index contributed by atoms with van der Waals surface area (Å²) >= 11 is 0. The fraction of sp³-hybridized carbons (Fsp3) is 0.306. The molecular formula is C36H47N4PPd+2. The van der Waals surface area contributed by atoms with E-state index in [0.29, 0.717) is 0 Å². The standard InChI is InChI=1S/C32H35N4P.C3H8.CH3.Pd/c1-31(2,3)37(32(4,5)6)27-22-23-33-36(27)30-28(24-16-10-7-11-17-24)34-35(26-20-14-9-15-21-26)29(30)25-18-12-8-13-19-25;1-3-2;;/h7-23H,1-6H3;3H2,1-2H3;1H3;/q;;-1;+2/p+1. The Morgan fingerprint density at radius 3 is 1.57 bits per heavy atom. The van der Waals surface area contributed by atoms with Crippen LogP contribution in [0.5, 0.6) is 0 Å². The van der Waals surface area contributed by atoms with E-state index in [1.165, 1.54) is 11.9 Å². The van der Waals surface area contributed by atoms with E-state index in [-0.39, 0.29) is 38.2 Å². The van der Waals surface area contributed by atoms with Crippen molar-refractivity contribution in [2.45, 2.75) is 72.1 Å². The second-order valence-electron chi connectivity index (χ2n) is 12.2. The maximum absolute atomic E-state index is 5.27. The van der Waals surface area contributed by atoms with Crippen molar-refractivity contribution in [1.29, 1.82) is 0 Å². The maximum atomic E-state index is 5.27. The summed E-state index contributed by atoms with van der Waals surface area (Å²) in [6.45, 7) is 18.5. The average Bonchev–Trinajstić information content (AvgIpc) is 3.54. The number of hydrogen-bond donors (Lipinski definition) is 0. The largest absolute Gasteiger partial charge is 2.00 e. The van der Waals surface area contributed by atoms with E-state index in [1.807, 2.05) is 12.3 Å². The van der Waals surface area contributed by atoms with Gasteiger partial charge in [-0.05, 0) is 53.7 Å². The predicted molar refractivity (Wildman–Crippen MR) is 181 cm³/mol. The normalized spacial score (nSPS) is 11.3. The quantitative estimate of drug-likeness (QED) is 0.106. The van der Waals surface area contributed by atoms with Crippen molar-refractivity contribution in [3.8, 4) is 33.9 Å². The number of rotatable bonds is 5. The van der Waals surface area contributed by atoms with Crippen molar-refractivity contribution in [1.82, 2.24) is 19.6 Å². The second-order valence-corrected chi connectivity index (χ2v) is 16.5. The van der Waals surface area contributed by atoms with Gasteiger partial charge in [-0.1, -0.05) is 99.1 Å². The number of nitrogens with zero attached hydrogens (tertiary/aromatic N) is 4. The third kappa shape index (κ3) is 7.76. The van der Waals surface area contributed by atoms with Crippen molar-refractivity contribution in [2.24, 2.45) is 0 Å². The molecule has 0 aliphatic carbocycles. The van der Waals surface area contributed by atoms with E-state index >= 15 is 0 Å². The van der Waals surface area contributed by atoms with Crippen molar-refractivity contribution in [3.05, 3.63) is 111 Å². The van der Waals surface area contributed by atoms with Crippen LogP contribution in [0.15, 0.2) is 103 Å². The van der Waals surface area contributed by atoms with E-state index in [4.69, 9.17) is 10.2 Å². The molecule has 0 saturated carbocycles. The molecule has 5 rings (SSSR count). The minimum atomic E-state index is -1.07. The SMILES string of the molecule is CC(C)(C)[PH+](c1ccnn1-c1c(-c2ccccc2)nn(-c2ccccc2)c1-c1ccccc1)C(C)(C)C.CCC.[CH3-].[Pd+2]. The Morgan fingerprint density at radius 2 is 1.10 bits per heavy atom. The molecule has 0 saturated heterocycles. The van der Waals surface area contributed by atoms with Crippen LogP contribution in [-0.2, 0) is 20.4 Å². The molecule has 4 nitrogen and oxygen atoms in total.